The van der Waals surface area contributed by atoms with Gasteiger partial charge in [-0.05, 0) is 24.5 Å². The molecule has 0 bridgehead atoms. The fourth-order valence-corrected chi connectivity index (χ4v) is 4.54. The first-order valence-electron chi connectivity index (χ1n) is 9.19. The van der Waals surface area contributed by atoms with Crippen LogP contribution in [0, 0.1) is 0 Å². The third-order valence-electron chi connectivity index (χ3n) is 4.55. The summed E-state index contributed by atoms with van der Waals surface area (Å²) in [5, 5.41) is 4.00. The Bertz CT molecular complexity index is 1050. The number of piperidine rings is 1. The maximum atomic E-state index is 12.7. The molecule has 1 aliphatic rings. The maximum absolute atomic E-state index is 12.7. The number of nitrogens with zero attached hydrogens (tertiary/aromatic N) is 5. The topological polar surface area (TPSA) is 94.1 Å². The van der Waals surface area contributed by atoms with E-state index in [1.807, 2.05) is 36.4 Å². The molecule has 0 spiro atoms. The fourth-order valence-electron chi connectivity index (χ4n) is 3.09. The first kappa shape index (κ1) is 18.6. The number of hydrogen-bond donors (Lipinski definition) is 0. The van der Waals surface area contributed by atoms with Crippen molar-refractivity contribution in [3.63, 3.8) is 0 Å². The van der Waals surface area contributed by atoms with Gasteiger partial charge < -0.3 is 9.09 Å². The van der Waals surface area contributed by atoms with Gasteiger partial charge in [0.05, 0.1) is 12.9 Å². The number of imidazole rings is 1. The van der Waals surface area contributed by atoms with Crippen molar-refractivity contribution in [2.45, 2.75) is 30.8 Å². The molecule has 1 aromatic carbocycles. The molecule has 4 rings (SSSR count). The van der Waals surface area contributed by atoms with Crippen LogP contribution in [0.1, 0.15) is 36.5 Å². The van der Waals surface area contributed by atoms with Gasteiger partial charge in [0.25, 0.3) is 15.9 Å². The van der Waals surface area contributed by atoms with Gasteiger partial charge in [0.15, 0.2) is 10.9 Å². The Balaban J connectivity index is 1.43. The molecule has 0 unspecified atom stereocenters. The SMILES string of the molecule is O=S(=O)(c1cn(Cc2noc(C=Cc3ccccc3)n2)cn1)N1CCCCC1. The van der Waals surface area contributed by atoms with Crippen molar-refractivity contribution in [3.8, 4) is 0 Å². The molecule has 9 heteroatoms. The van der Waals surface area contributed by atoms with Gasteiger partial charge in [0.1, 0.15) is 0 Å². The number of rotatable bonds is 6. The van der Waals surface area contributed by atoms with Crippen molar-refractivity contribution in [2.24, 2.45) is 0 Å². The lowest BCUT2D eigenvalue weighted by Gasteiger charge is -2.24. The Hall–Kier alpha value is -2.78. The molecule has 1 fully saturated rings. The molecule has 2 aromatic heterocycles. The van der Waals surface area contributed by atoms with E-state index >= 15 is 0 Å². The summed E-state index contributed by atoms with van der Waals surface area (Å²) in [4.78, 5) is 8.38. The minimum atomic E-state index is -3.54. The zero-order chi connectivity index (χ0) is 19.4. The molecule has 0 aliphatic carbocycles. The van der Waals surface area contributed by atoms with Gasteiger partial charge in [-0.1, -0.05) is 41.9 Å². The molecule has 8 nitrogen and oxygen atoms in total. The zero-order valence-corrected chi connectivity index (χ0v) is 16.1. The van der Waals surface area contributed by atoms with E-state index in [9.17, 15) is 8.42 Å². The Morgan fingerprint density at radius 2 is 1.86 bits per heavy atom. The minimum Gasteiger partial charge on any atom is -0.335 e. The maximum Gasteiger partial charge on any atom is 0.262 e. The molecule has 3 aromatic rings. The Morgan fingerprint density at radius 1 is 1.07 bits per heavy atom. The second-order valence-corrected chi connectivity index (χ2v) is 8.53. The van der Waals surface area contributed by atoms with Crippen molar-refractivity contribution >= 4 is 22.2 Å². The van der Waals surface area contributed by atoms with Gasteiger partial charge in [-0.2, -0.15) is 9.29 Å². The zero-order valence-electron chi connectivity index (χ0n) is 15.3. The quantitative estimate of drug-likeness (QED) is 0.632. The second kappa shape index (κ2) is 8.07. The molecular weight excluding hydrogens is 378 g/mol. The van der Waals surface area contributed by atoms with Crippen molar-refractivity contribution in [3.05, 3.63) is 60.1 Å². The monoisotopic (exact) mass is 399 g/mol. The van der Waals surface area contributed by atoms with Crippen molar-refractivity contribution in [1.82, 2.24) is 24.0 Å². The predicted octanol–water partition coefficient (Wildman–Crippen LogP) is 2.66. The third-order valence-corrected chi connectivity index (χ3v) is 6.34. The van der Waals surface area contributed by atoms with Crippen LogP contribution < -0.4 is 0 Å². The van der Waals surface area contributed by atoms with Gasteiger partial charge in [-0.15, -0.1) is 0 Å². The smallest absolute Gasteiger partial charge is 0.262 e. The van der Waals surface area contributed by atoms with E-state index in [-0.39, 0.29) is 11.6 Å². The van der Waals surface area contributed by atoms with Gasteiger partial charge in [-0.25, -0.2) is 13.4 Å². The number of hydrogen-bond acceptors (Lipinski definition) is 6. The van der Waals surface area contributed by atoms with Crippen molar-refractivity contribution in [1.29, 1.82) is 0 Å². The lowest BCUT2D eigenvalue weighted by Crippen LogP contribution is -2.35. The summed E-state index contributed by atoms with van der Waals surface area (Å²) in [6.07, 6.45) is 9.47. The second-order valence-electron chi connectivity index (χ2n) is 6.64. The summed E-state index contributed by atoms with van der Waals surface area (Å²) in [5.41, 5.74) is 1.03. The van der Waals surface area contributed by atoms with E-state index in [0.29, 0.717) is 24.8 Å². The molecule has 0 amide bonds. The predicted molar refractivity (Wildman–Crippen MR) is 104 cm³/mol. The van der Waals surface area contributed by atoms with E-state index in [1.165, 1.54) is 16.8 Å². The highest BCUT2D eigenvalue weighted by molar-refractivity contribution is 7.89. The van der Waals surface area contributed by atoms with Crippen LogP contribution in [-0.4, -0.2) is 45.5 Å². The van der Waals surface area contributed by atoms with E-state index in [1.54, 1.807) is 10.6 Å². The Morgan fingerprint density at radius 3 is 2.64 bits per heavy atom. The molecule has 0 saturated carbocycles. The Labute approximate surface area is 163 Å². The molecular formula is C19H21N5O3S. The van der Waals surface area contributed by atoms with Crippen LogP contribution in [0.2, 0.25) is 0 Å². The average molecular weight is 399 g/mol. The highest BCUT2D eigenvalue weighted by Crippen LogP contribution is 2.19. The average Bonchev–Trinajstić information content (AvgIpc) is 3.38. The third kappa shape index (κ3) is 4.20. The molecule has 146 valence electrons. The molecule has 28 heavy (non-hydrogen) atoms. The van der Waals surface area contributed by atoms with Crippen LogP contribution in [0.5, 0.6) is 0 Å². The first-order chi connectivity index (χ1) is 13.6. The summed E-state index contributed by atoms with van der Waals surface area (Å²) >= 11 is 0. The fraction of sp³-hybridized carbons (Fsp3) is 0.316. The molecule has 0 N–H and O–H groups in total. The van der Waals surface area contributed by atoms with Gasteiger partial charge in [0.2, 0.25) is 0 Å². The van der Waals surface area contributed by atoms with Gasteiger partial charge in [0, 0.05) is 25.4 Å². The molecule has 0 radical (unpaired) electrons. The van der Waals surface area contributed by atoms with Crippen LogP contribution in [0.3, 0.4) is 0 Å². The number of aromatic nitrogens is 4. The lowest BCUT2D eigenvalue weighted by atomic mass is 10.2. The van der Waals surface area contributed by atoms with E-state index in [0.717, 1.165) is 24.8 Å². The van der Waals surface area contributed by atoms with Crippen molar-refractivity contribution < 1.29 is 12.9 Å². The largest absolute Gasteiger partial charge is 0.335 e. The summed E-state index contributed by atoms with van der Waals surface area (Å²) in [6.45, 7) is 1.39. The number of sulfonamides is 1. The first-order valence-corrected chi connectivity index (χ1v) is 10.6. The van der Waals surface area contributed by atoms with Gasteiger partial charge >= 0.3 is 0 Å². The van der Waals surface area contributed by atoms with Crippen LogP contribution in [0.15, 0.2) is 52.4 Å². The molecule has 3 heterocycles. The molecule has 1 saturated heterocycles. The van der Waals surface area contributed by atoms with E-state index in [4.69, 9.17) is 4.52 Å². The summed E-state index contributed by atoms with van der Waals surface area (Å²) in [7, 11) is -3.54. The Kier molecular flexibility index (Phi) is 5.36. The van der Waals surface area contributed by atoms with Crippen LogP contribution >= 0.6 is 0 Å². The number of benzene rings is 1. The van der Waals surface area contributed by atoms with E-state index in [2.05, 4.69) is 15.1 Å². The van der Waals surface area contributed by atoms with Crippen molar-refractivity contribution in [2.75, 3.05) is 13.1 Å². The van der Waals surface area contributed by atoms with Crippen LogP contribution in [-0.2, 0) is 16.6 Å². The van der Waals surface area contributed by atoms with Crippen LogP contribution in [0.4, 0.5) is 0 Å². The van der Waals surface area contributed by atoms with Gasteiger partial charge in [-0.3, -0.25) is 0 Å². The van der Waals surface area contributed by atoms with Crippen LogP contribution in [0.25, 0.3) is 12.2 Å². The highest BCUT2D eigenvalue weighted by atomic mass is 32.2. The minimum absolute atomic E-state index is 0.0575. The molecule has 1 aliphatic heterocycles. The normalized spacial score (nSPS) is 16.0. The van der Waals surface area contributed by atoms with E-state index < -0.39 is 10.0 Å². The lowest BCUT2D eigenvalue weighted by molar-refractivity contribution is 0.345. The standard InChI is InChI=1S/C19H21N5O3S/c25-28(26,24-11-5-2-6-12-24)19-14-23(15-20-19)13-17-21-18(27-22-17)10-9-16-7-3-1-4-8-16/h1,3-4,7-10,14-15H,2,5-6,11-13H2. The highest BCUT2D eigenvalue weighted by Gasteiger charge is 2.28. The summed E-state index contributed by atoms with van der Waals surface area (Å²) in [6, 6.07) is 9.81. The molecule has 0 atom stereocenters. The summed E-state index contributed by atoms with van der Waals surface area (Å²) < 4.78 is 33.7. The summed E-state index contributed by atoms with van der Waals surface area (Å²) in [5.74, 6) is 0.840.